The molecular weight excluding hydrogens is 536 g/mol. The first kappa shape index (κ1) is 31.4. The summed E-state index contributed by atoms with van der Waals surface area (Å²) in [5, 5.41) is 10.6. The number of ether oxygens (including phenoxy) is 2. The standard InChI is InChI=1S/C30H33F6NO3/c1-6-19-11-20(13-24(12-19)30(34,35)36)16-37(28(38)40-5)17-22-14-23(29(31,32)33)8-9-25(22)26-15-21(18(2)3)7-10-27(26)39-4/h7-15,18,28,38H,6,16-17H2,1-5H3. The van der Waals surface area contributed by atoms with Crippen molar-refractivity contribution >= 4 is 0 Å². The Labute approximate surface area is 230 Å². The smallest absolute Gasteiger partial charge is 0.416 e. The van der Waals surface area contributed by atoms with Crippen molar-refractivity contribution in [2.75, 3.05) is 14.2 Å². The molecule has 3 aromatic carbocycles. The third kappa shape index (κ3) is 7.56. The number of aryl methyl sites for hydroxylation is 1. The van der Waals surface area contributed by atoms with Crippen molar-refractivity contribution in [3.63, 3.8) is 0 Å². The van der Waals surface area contributed by atoms with Gasteiger partial charge in [0.2, 0.25) is 6.41 Å². The van der Waals surface area contributed by atoms with E-state index in [-0.39, 0.29) is 30.1 Å². The minimum atomic E-state index is -4.64. The van der Waals surface area contributed by atoms with Crippen molar-refractivity contribution in [3.05, 3.63) is 88.0 Å². The van der Waals surface area contributed by atoms with E-state index in [1.54, 1.807) is 19.1 Å². The SMILES string of the molecule is CCc1cc(CN(Cc2cc(C(F)(F)F)ccc2-c2cc(C(C)C)ccc2OC)C(O)OC)cc(C(F)(F)F)c1. The maximum Gasteiger partial charge on any atom is 0.416 e. The number of alkyl halides is 6. The Balaban J connectivity index is 2.16. The van der Waals surface area contributed by atoms with E-state index in [2.05, 4.69) is 0 Å². The molecule has 0 aliphatic carbocycles. The van der Waals surface area contributed by atoms with Crippen molar-refractivity contribution in [2.24, 2.45) is 0 Å². The third-order valence-electron chi connectivity index (χ3n) is 6.68. The molecule has 0 fully saturated rings. The lowest BCUT2D eigenvalue weighted by molar-refractivity contribution is -0.184. The maximum atomic E-state index is 13.7. The zero-order valence-corrected chi connectivity index (χ0v) is 23.0. The summed E-state index contributed by atoms with van der Waals surface area (Å²) in [6, 6.07) is 12.3. The van der Waals surface area contributed by atoms with E-state index < -0.39 is 29.9 Å². The van der Waals surface area contributed by atoms with Crippen LogP contribution in [0.1, 0.15) is 60.1 Å². The molecule has 1 N–H and O–H groups in total. The highest BCUT2D eigenvalue weighted by Crippen LogP contribution is 2.39. The van der Waals surface area contributed by atoms with Crippen LogP contribution < -0.4 is 4.74 Å². The van der Waals surface area contributed by atoms with Gasteiger partial charge in [-0.05, 0) is 76.6 Å². The Morgan fingerprint density at radius 1 is 0.775 bits per heavy atom. The van der Waals surface area contributed by atoms with Crippen LogP contribution in [0.25, 0.3) is 11.1 Å². The van der Waals surface area contributed by atoms with Crippen LogP contribution in [0.2, 0.25) is 0 Å². The summed E-state index contributed by atoms with van der Waals surface area (Å²) in [4.78, 5) is 1.27. The monoisotopic (exact) mass is 569 g/mol. The van der Waals surface area contributed by atoms with Crippen LogP contribution in [0.15, 0.2) is 54.6 Å². The van der Waals surface area contributed by atoms with Crippen LogP contribution >= 0.6 is 0 Å². The molecule has 0 heterocycles. The highest BCUT2D eigenvalue weighted by atomic mass is 19.4. The molecule has 218 valence electrons. The minimum absolute atomic E-state index is 0.128. The van der Waals surface area contributed by atoms with Crippen molar-refractivity contribution < 1.29 is 40.9 Å². The van der Waals surface area contributed by atoms with Crippen LogP contribution in [-0.4, -0.2) is 30.6 Å². The highest BCUT2D eigenvalue weighted by Gasteiger charge is 2.33. The van der Waals surface area contributed by atoms with Gasteiger partial charge in [-0.15, -0.1) is 0 Å². The molecule has 3 aromatic rings. The topological polar surface area (TPSA) is 41.9 Å². The van der Waals surface area contributed by atoms with Crippen molar-refractivity contribution in [3.8, 4) is 16.9 Å². The number of benzene rings is 3. The molecule has 0 aliphatic rings. The van der Waals surface area contributed by atoms with E-state index in [1.807, 2.05) is 26.0 Å². The summed E-state index contributed by atoms with van der Waals surface area (Å²) in [6.07, 6.45) is -10.5. The summed E-state index contributed by atoms with van der Waals surface area (Å²) >= 11 is 0. The summed E-state index contributed by atoms with van der Waals surface area (Å²) in [5.41, 5.74) is 1.03. The minimum Gasteiger partial charge on any atom is -0.496 e. The Bertz CT molecular complexity index is 1300. The third-order valence-corrected chi connectivity index (χ3v) is 6.68. The predicted molar refractivity (Wildman–Crippen MR) is 141 cm³/mol. The van der Waals surface area contributed by atoms with Gasteiger partial charge in [-0.25, -0.2) is 4.90 Å². The summed E-state index contributed by atoms with van der Waals surface area (Å²) in [5.74, 6) is 0.567. The van der Waals surface area contributed by atoms with Gasteiger partial charge in [0.25, 0.3) is 0 Å². The highest BCUT2D eigenvalue weighted by molar-refractivity contribution is 5.74. The predicted octanol–water partition coefficient (Wildman–Crippen LogP) is 8.01. The summed E-state index contributed by atoms with van der Waals surface area (Å²) in [7, 11) is 2.65. The molecule has 10 heteroatoms. The van der Waals surface area contributed by atoms with E-state index in [0.717, 1.165) is 29.8 Å². The molecule has 0 bridgehead atoms. The first-order chi connectivity index (χ1) is 18.7. The van der Waals surface area contributed by atoms with Gasteiger partial charge in [0.1, 0.15) is 5.75 Å². The normalized spacial score (nSPS) is 13.2. The van der Waals surface area contributed by atoms with Gasteiger partial charge in [-0.2, -0.15) is 26.3 Å². The Hall–Kier alpha value is -3.08. The summed E-state index contributed by atoms with van der Waals surface area (Å²) < 4.78 is 92.4. The molecule has 0 saturated heterocycles. The lowest BCUT2D eigenvalue weighted by Crippen LogP contribution is -2.36. The molecule has 0 saturated carbocycles. The van der Waals surface area contributed by atoms with Gasteiger partial charge in [0.05, 0.1) is 18.2 Å². The van der Waals surface area contributed by atoms with E-state index in [1.165, 1.54) is 25.2 Å². The number of methoxy groups -OCH3 is 2. The lowest BCUT2D eigenvalue weighted by Gasteiger charge is -2.28. The van der Waals surface area contributed by atoms with Gasteiger partial charge in [0, 0.05) is 25.8 Å². The quantitative estimate of drug-likeness (QED) is 0.198. The van der Waals surface area contributed by atoms with E-state index >= 15 is 0 Å². The zero-order chi connectivity index (χ0) is 29.8. The largest absolute Gasteiger partial charge is 0.496 e. The van der Waals surface area contributed by atoms with E-state index in [0.29, 0.717) is 28.9 Å². The number of hydrogen-bond acceptors (Lipinski definition) is 4. The molecule has 1 unspecified atom stereocenters. The average molecular weight is 570 g/mol. The van der Waals surface area contributed by atoms with Crippen molar-refractivity contribution in [1.82, 2.24) is 4.90 Å². The molecule has 4 nitrogen and oxygen atoms in total. The van der Waals surface area contributed by atoms with Crippen LogP contribution in [0, 0.1) is 0 Å². The van der Waals surface area contributed by atoms with E-state index in [9.17, 15) is 31.4 Å². The van der Waals surface area contributed by atoms with Gasteiger partial charge < -0.3 is 14.6 Å². The van der Waals surface area contributed by atoms with Crippen LogP contribution in [0.3, 0.4) is 0 Å². The number of halogens is 6. The Morgan fingerprint density at radius 2 is 1.43 bits per heavy atom. The second-order valence-corrected chi connectivity index (χ2v) is 9.84. The van der Waals surface area contributed by atoms with Crippen LogP contribution in [0.4, 0.5) is 26.3 Å². The molecule has 0 spiro atoms. The molecule has 40 heavy (non-hydrogen) atoms. The molecule has 0 aliphatic heterocycles. The first-order valence-corrected chi connectivity index (χ1v) is 12.7. The van der Waals surface area contributed by atoms with Crippen molar-refractivity contribution in [1.29, 1.82) is 0 Å². The molecule has 3 rings (SSSR count). The Kier molecular flexibility index (Phi) is 9.92. The first-order valence-electron chi connectivity index (χ1n) is 12.7. The molecule has 0 aromatic heterocycles. The molecule has 1 atom stereocenters. The molecular formula is C30H33F6NO3. The maximum absolute atomic E-state index is 13.7. The van der Waals surface area contributed by atoms with Crippen LogP contribution in [-0.2, 0) is 36.6 Å². The fraction of sp³-hybridized carbons (Fsp3) is 0.400. The number of rotatable bonds is 10. The second kappa shape index (κ2) is 12.6. The van der Waals surface area contributed by atoms with Gasteiger partial charge in [-0.3, -0.25) is 0 Å². The summed E-state index contributed by atoms with van der Waals surface area (Å²) in [6.45, 7) is 5.20. The van der Waals surface area contributed by atoms with Crippen molar-refractivity contribution in [2.45, 2.75) is 65.0 Å². The fourth-order valence-corrected chi connectivity index (χ4v) is 4.49. The van der Waals surface area contributed by atoms with Gasteiger partial charge in [-0.1, -0.05) is 39.0 Å². The Morgan fingerprint density at radius 3 is 1.98 bits per heavy atom. The van der Waals surface area contributed by atoms with Gasteiger partial charge >= 0.3 is 12.4 Å². The molecule has 0 radical (unpaired) electrons. The van der Waals surface area contributed by atoms with Crippen LogP contribution in [0.5, 0.6) is 5.75 Å². The fourth-order valence-electron chi connectivity index (χ4n) is 4.49. The number of nitrogens with zero attached hydrogens (tertiary/aromatic N) is 1. The number of aliphatic hydroxyl groups is 1. The number of hydrogen-bond donors (Lipinski definition) is 1. The second-order valence-electron chi connectivity index (χ2n) is 9.84. The number of aliphatic hydroxyl groups excluding tert-OH is 1. The van der Waals surface area contributed by atoms with Gasteiger partial charge in [0.15, 0.2) is 0 Å². The lowest BCUT2D eigenvalue weighted by atomic mass is 9.92. The average Bonchev–Trinajstić information content (AvgIpc) is 2.90. The zero-order valence-electron chi connectivity index (χ0n) is 23.0. The van der Waals surface area contributed by atoms with E-state index in [4.69, 9.17) is 9.47 Å². The molecule has 0 amide bonds.